The van der Waals surface area contributed by atoms with Crippen molar-refractivity contribution in [3.63, 3.8) is 0 Å². The highest BCUT2D eigenvalue weighted by atomic mass is 79.9. The van der Waals surface area contributed by atoms with Crippen molar-refractivity contribution in [2.24, 2.45) is 17.8 Å². The van der Waals surface area contributed by atoms with Crippen LogP contribution in [0.3, 0.4) is 0 Å². The largest absolute Gasteiger partial charge is 0.497 e. The molecule has 0 radical (unpaired) electrons. The third-order valence-electron chi connectivity index (χ3n) is 6.55. The molecule has 1 aliphatic heterocycles. The van der Waals surface area contributed by atoms with Crippen molar-refractivity contribution in [2.45, 2.75) is 51.4 Å². The van der Waals surface area contributed by atoms with E-state index < -0.39 is 0 Å². The van der Waals surface area contributed by atoms with Gasteiger partial charge in [0, 0.05) is 11.1 Å². The van der Waals surface area contributed by atoms with Crippen molar-refractivity contribution in [3.8, 4) is 5.75 Å². The van der Waals surface area contributed by atoms with Crippen molar-refractivity contribution in [1.82, 2.24) is 4.90 Å². The topological polar surface area (TPSA) is 32.7 Å². The van der Waals surface area contributed by atoms with Gasteiger partial charge in [0.2, 0.25) is 0 Å². The van der Waals surface area contributed by atoms with Gasteiger partial charge in [0.05, 0.1) is 7.11 Å². The molecule has 1 N–H and O–H groups in total. The lowest BCUT2D eigenvalue weighted by Gasteiger charge is -2.34. The molecule has 0 unspecified atom stereocenters. The van der Waals surface area contributed by atoms with Crippen LogP contribution in [0.2, 0.25) is 0 Å². The first-order chi connectivity index (χ1) is 12.7. The van der Waals surface area contributed by atoms with Gasteiger partial charge in [-0.15, -0.1) is 12.4 Å². The zero-order chi connectivity index (χ0) is 18.4. The zero-order valence-electron chi connectivity index (χ0n) is 16.5. The molecule has 1 saturated heterocycles. The third kappa shape index (κ3) is 6.92. The molecular formula is C22H35BrClNO2. The van der Waals surface area contributed by atoms with E-state index >= 15 is 0 Å². The van der Waals surface area contributed by atoms with Gasteiger partial charge >= 0.3 is 0 Å². The second kappa shape index (κ2) is 11.6. The van der Waals surface area contributed by atoms with Crippen LogP contribution in [0, 0.1) is 17.8 Å². The summed E-state index contributed by atoms with van der Waals surface area (Å²) in [5, 5.41) is 9.27. The number of aliphatic hydroxyl groups is 1. The van der Waals surface area contributed by atoms with Crippen molar-refractivity contribution >= 4 is 28.3 Å². The number of nitrogens with zero attached hydrogens (tertiary/aromatic N) is 1. The smallest absolute Gasteiger partial charge is 0.119 e. The van der Waals surface area contributed by atoms with Crippen molar-refractivity contribution < 1.29 is 9.84 Å². The summed E-state index contributed by atoms with van der Waals surface area (Å²) in [6, 6.07) is 6.30. The third-order valence-corrected chi connectivity index (χ3v) is 7.32. The van der Waals surface area contributed by atoms with Crippen molar-refractivity contribution in [2.75, 3.05) is 33.4 Å². The molecule has 0 spiro atoms. The molecule has 0 bridgehead atoms. The van der Waals surface area contributed by atoms with Crippen LogP contribution in [0.4, 0.5) is 0 Å². The van der Waals surface area contributed by atoms with Crippen LogP contribution in [0.5, 0.6) is 5.75 Å². The Morgan fingerprint density at radius 2 is 1.70 bits per heavy atom. The fourth-order valence-corrected chi connectivity index (χ4v) is 5.04. The van der Waals surface area contributed by atoms with Gasteiger partial charge in [-0.05, 0) is 99.7 Å². The molecule has 27 heavy (non-hydrogen) atoms. The lowest BCUT2D eigenvalue weighted by atomic mass is 9.80. The first kappa shape index (κ1) is 23.0. The molecule has 1 aromatic rings. The number of halogens is 2. The van der Waals surface area contributed by atoms with E-state index in [1.807, 2.05) is 6.07 Å². The number of rotatable bonds is 7. The number of piperidine rings is 1. The molecule has 3 rings (SSSR count). The minimum absolute atomic E-state index is 0. The Kier molecular flexibility index (Phi) is 9.92. The van der Waals surface area contributed by atoms with Gasteiger partial charge in [0.1, 0.15) is 5.75 Å². The summed E-state index contributed by atoms with van der Waals surface area (Å²) in [6.07, 6.45) is 10.2. The molecule has 0 amide bonds. The molecule has 0 atom stereocenters. The van der Waals surface area contributed by atoms with E-state index in [-0.39, 0.29) is 12.4 Å². The average Bonchev–Trinajstić information content (AvgIpc) is 2.69. The van der Waals surface area contributed by atoms with E-state index in [0.29, 0.717) is 12.5 Å². The molecule has 1 saturated carbocycles. The number of hydrogen-bond donors (Lipinski definition) is 1. The Morgan fingerprint density at radius 3 is 2.33 bits per heavy atom. The maximum absolute atomic E-state index is 9.27. The van der Waals surface area contributed by atoms with E-state index in [1.165, 1.54) is 74.6 Å². The predicted octanol–water partition coefficient (Wildman–Crippen LogP) is 5.32. The van der Waals surface area contributed by atoms with Crippen molar-refractivity contribution in [1.29, 1.82) is 0 Å². The Balaban J connectivity index is 0.00000261. The van der Waals surface area contributed by atoms with E-state index in [2.05, 4.69) is 33.0 Å². The number of ether oxygens (including phenoxy) is 1. The van der Waals surface area contributed by atoms with E-state index in [4.69, 9.17) is 4.74 Å². The number of hydrogen-bond acceptors (Lipinski definition) is 3. The number of likely N-dealkylation sites (tertiary alicyclic amines) is 1. The van der Waals surface area contributed by atoms with Gasteiger partial charge in [-0.3, -0.25) is 0 Å². The molecular weight excluding hydrogens is 426 g/mol. The maximum Gasteiger partial charge on any atom is 0.119 e. The SMILES string of the molecule is COc1ccc(Br)c(CC2CCN(CCC3CCC(CO)CC3)CC2)c1.Cl. The molecule has 1 aromatic carbocycles. The average molecular weight is 461 g/mol. The zero-order valence-corrected chi connectivity index (χ0v) is 18.9. The Hall–Kier alpha value is -0.290. The van der Waals surface area contributed by atoms with Crippen LogP contribution in [-0.4, -0.2) is 43.4 Å². The van der Waals surface area contributed by atoms with Gasteiger partial charge in [-0.25, -0.2) is 0 Å². The molecule has 1 heterocycles. The summed E-state index contributed by atoms with van der Waals surface area (Å²) in [5.74, 6) is 3.22. The maximum atomic E-state index is 9.27. The summed E-state index contributed by atoms with van der Waals surface area (Å²) < 4.78 is 6.58. The molecule has 154 valence electrons. The Labute approximate surface area is 179 Å². The molecule has 3 nitrogen and oxygen atoms in total. The van der Waals surface area contributed by atoms with Crippen LogP contribution in [0.25, 0.3) is 0 Å². The van der Waals surface area contributed by atoms with Crippen molar-refractivity contribution in [3.05, 3.63) is 28.2 Å². The molecule has 0 aromatic heterocycles. The summed E-state index contributed by atoms with van der Waals surface area (Å²) in [7, 11) is 1.74. The Bertz CT molecular complexity index is 555. The number of benzene rings is 1. The summed E-state index contributed by atoms with van der Waals surface area (Å²) in [5.41, 5.74) is 1.38. The van der Waals surface area contributed by atoms with Crippen LogP contribution < -0.4 is 4.74 Å². The fourth-order valence-electron chi connectivity index (χ4n) is 4.63. The number of methoxy groups -OCH3 is 1. The van der Waals surface area contributed by atoms with Crippen LogP contribution in [-0.2, 0) is 6.42 Å². The normalized spacial score (nSPS) is 24.4. The summed E-state index contributed by atoms with van der Waals surface area (Å²) in [6.45, 7) is 4.16. The lowest BCUT2D eigenvalue weighted by Crippen LogP contribution is -2.36. The minimum Gasteiger partial charge on any atom is -0.497 e. The van der Waals surface area contributed by atoms with Gasteiger partial charge in [-0.2, -0.15) is 0 Å². The monoisotopic (exact) mass is 459 g/mol. The molecule has 1 aliphatic carbocycles. The van der Waals surface area contributed by atoms with E-state index in [9.17, 15) is 5.11 Å². The highest BCUT2D eigenvalue weighted by molar-refractivity contribution is 9.10. The molecule has 2 aliphatic rings. The highest BCUT2D eigenvalue weighted by Crippen LogP contribution is 2.32. The first-order valence-corrected chi connectivity index (χ1v) is 11.1. The van der Waals surface area contributed by atoms with Gasteiger partial charge in [-0.1, -0.05) is 28.8 Å². The quantitative estimate of drug-likeness (QED) is 0.597. The predicted molar refractivity (Wildman–Crippen MR) is 118 cm³/mol. The number of aliphatic hydroxyl groups excluding tert-OH is 1. The van der Waals surface area contributed by atoms with E-state index in [1.54, 1.807) is 7.11 Å². The fraction of sp³-hybridized carbons (Fsp3) is 0.727. The van der Waals surface area contributed by atoms with Gasteiger partial charge in [0.25, 0.3) is 0 Å². The Morgan fingerprint density at radius 1 is 1.04 bits per heavy atom. The van der Waals surface area contributed by atoms with Crippen LogP contribution >= 0.6 is 28.3 Å². The molecule has 5 heteroatoms. The summed E-state index contributed by atoms with van der Waals surface area (Å²) in [4.78, 5) is 2.68. The second-order valence-corrected chi connectivity index (χ2v) is 9.16. The standard InChI is InChI=1S/C22H34BrNO2.ClH/c1-26-21-6-7-22(23)20(15-21)14-18-9-12-24(13-10-18)11-8-17-2-4-19(16-25)5-3-17;/h6-7,15,17-19,25H,2-5,8-14,16H2,1H3;1H. The lowest BCUT2D eigenvalue weighted by molar-refractivity contribution is 0.141. The molecule has 2 fully saturated rings. The highest BCUT2D eigenvalue weighted by Gasteiger charge is 2.23. The van der Waals surface area contributed by atoms with Gasteiger partial charge < -0.3 is 14.7 Å². The van der Waals surface area contributed by atoms with Gasteiger partial charge in [0.15, 0.2) is 0 Å². The van der Waals surface area contributed by atoms with Crippen LogP contribution in [0.15, 0.2) is 22.7 Å². The minimum atomic E-state index is 0. The second-order valence-electron chi connectivity index (χ2n) is 8.30. The van der Waals surface area contributed by atoms with E-state index in [0.717, 1.165) is 24.0 Å². The summed E-state index contributed by atoms with van der Waals surface area (Å²) >= 11 is 3.69. The first-order valence-electron chi connectivity index (χ1n) is 10.3. The van der Waals surface area contributed by atoms with Crippen LogP contribution in [0.1, 0.15) is 50.5 Å².